The fraction of sp³-hybridized carbons (Fsp3) is 0.423. The minimum atomic E-state index is -3.64. The molecule has 0 radical (unpaired) electrons. The Kier molecular flexibility index (Phi) is 9.20. The summed E-state index contributed by atoms with van der Waals surface area (Å²) in [5.41, 5.74) is 9.03. The summed E-state index contributed by atoms with van der Waals surface area (Å²) >= 11 is 5.98. The molecule has 3 rings (SSSR count). The van der Waals surface area contributed by atoms with Crippen LogP contribution in [0.5, 0.6) is 0 Å². The van der Waals surface area contributed by atoms with E-state index < -0.39 is 15.9 Å². The second-order valence-electron chi connectivity index (χ2n) is 9.42. The molecule has 1 aliphatic carbocycles. The number of hydrogen-bond donors (Lipinski definition) is 3. The molecule has 0 bridgehead atoms. The predicted molar refractivity (Wildman–Crippen MR) is 149 cm³/mol. The molecule has 0 aromatic heterocycles. The highest BCUT2D eigenvalue weighted by Crippen LogP contribution is 2.46. The number of hydrogen-bond acceptors (Lipinski definition) is 6. The van der Waals surface area contributed by atoms with E-state index in [4.69, 9.17) is 17.3 Å². The number of aliphatic imine (C=N–C) groups is 1. The van der Waals surface area contributed by atoms with Crippen LogP contribution in [0, 0.1) is 5.92 Å². The lowest BCUT2D eigenvalue weighted by Gasteiger charge is -2.26. The van der Waals surface area contributed by atoms with Gasteiger partial charge >= 0.3 is 0 Å². The third-order valence-electron chi connectivity index (χ3n) is 6.01. The predicted octanol–water partition coefficient (Wildman–Crippen LogP) is 3.59. The molecule has 1 aliphatic rings. The van der Waals surface area contributed by atoms with Gasteiger partial charge in [-0.15, -0.1) is 0 Å². The average molecular weight is 548 g/mol. The lowest BCUT2D eigenvalue weighted by molar-refractivity contribution is -0.124. The number of likely N-dealkylation sites (N-methyl/N-ethyl adjacent to an activating group) is 1. The molecule has 0 aliphatic heterocycles. The van der Waals surface area contributed by atoms with Crippen molar-refractivity contribution in [3.8, 4) is 0 Å². The van der Waals surface area contributed by atoms with Gasteiger partial charge in [0, 0.05) is 42.3 Å². The molecule has 0 spiro atoms. The first-order valence-corrected chi connectivity index (χ1v) is 14.4. The molecule has 0 heterocycles. The van der Waals surface area contributed by atoms with Crippen LogP contribution in [0.15, 0.2) is 41.4 Å². The van der Waals surface area contributed by atoms with Crippen molar-refractivity contribution in [2.75, 3.05) is 36.4 Å². The van der Waals surface area contributed by atoms with Crippen LogP contribution in [-0.4, -0.2) is 52.3 Å². The fourth-order valence-electron chi connectivity index (χ4n) is 3.86. The Labute approximate surface area is 223 Å². The van der Waals surface area contributed by atoms with E-state index in [0.29, 0.717) is 34.9 Å². The number of amides is 2. The Hall–Kier alpha value is -3.11. The minimum Gasteiger partial charge on any atom is -0.398 e. The van der Waals surface area contributed by atoms with Gasteiger partial charge in [-0.1, -0.05) is 25.4 Å². The second-order valence-corrected chi connectivity index (χ2v) is 11.8. The molecule has 4 N–H and O–H groups in total. The number of benzene rings is 2. The molecule has 200 valence electrons. The van der Waals surface area contributed by atoms with Gasteiger partial charge in [0.25, 0.3) is 5.91 Å². The summed E-state index contributed by atoms with van der Waals surface area (Å²) in [5, 5.41) is 5.97. The summed E-state index contributed by atoms with van der Waals surface area (Å²) in [6, 6.07) is 10.1. The molecular weight excluding hydrogens is 514 g/mol. The number of nitrogens with one attached hydrogen (secondary N) is 2. The van der Waals surface area contributed by atoms with E-state index in [1.807, 2.05) is 0 Å². The van der Waals surface area contributed by atoms with Crippen molar-refractivity contribution >= 4 is 56.2 Å². The van der Waals surface area contributed by atoms with Crippen LogP contribution < -0.4 is 20.7 Å². The zero-order valence-electron chi connectivity index (χ0n) is 21.5. The summed E-state index contributed by atoms with van der Waals surface area (Å²) in [7, 11) is -2.13. The number of rotatable bonds is 11. The van der Waals surface area contributed by atoms with Crippen molar-refractivity contribution in [1.82, 2.24) is 10.6 Å². The van der Waals surface area contributed by atoms with Gasteiger partial charge in [-0.2, -0.15) is 0 Å². The van der Waals surface area contributed by atoms with Crippen LogP contribution in [0.1, 0.15) is 50.2 Å². The molecule has 0 unspecified atom stereocenters. The summed E-state index contributed by atoms with van der Waals surface area (Å²) in [5.74, 6) is -0.499. The van der Waals surface area contributed by atoms with E-state index in [-0.39, 0.29) is 35.7 Å². The van der Waals surface area contributed by atoms with E-state index in [0.717, 1.165) is 24.7 Å². The molecule has 9 nitrogen and oxygen atoms in total. The van der Waals surface area contributed by atoms with Crippen molar-refractivity contribution in [1.29, 1.82) is 0 Å². The van der Waals surface area contributed by atoms with Gasteiger partial charge in [-0.3, -0.25) is 13.9 Å². The third-order valence-corrected chi connectivity index (χ3v) is 7.44. The van der Waals surface area contributed by atoms with Gasteiger partial charge in [-0.25, -0.2) is 13.4 Å². The largest absolute Gasteiger partial charge is 0.398 e. The summed E-state index contributed by atoms with van der Waals surface area (Å²) < 4.78 is 27.0. The monoisotopic (exact) mass is 547 g/mol. The molecule has 37 heavy (non-hydrogen) atoms. The Morgan fingerprint density at radius 1 is 1.19 bits per heavy atom. The lowest BCUT2D eigenvalue weighted by atomic mass is 9.98. The minimum absolute atomic E-state index is 0.0834. The standard InChI is InChI=1S/C26H34ClN5O4S/c1-16(2)25(33)30-12-5-13-32(37(4,35)36)23-15-22(28)21(14-20(23)17-6-7-17)24(26(34)29-3)31-19-10-8-18(27)9-11-19/h8-11,14-17H,5-7,12-13,28H2,1-4H3,(H,29,34)(H,30,33). The van der Waals surface area contributed by atoms with Gasteiger partial charge in [0.1, 0.15) is 5.71 Å². The van der Waals surface area contributed by atoms with Crippen LogP contribution in [0.3, 0.4) is 0 Å². The number of carbonyl (C=O) groups excluding carboxylic acids is 2. The summed E-state index contributed by atoms with van der Waals surface area (Å²) in [6.07, 6.45) is 3.39. The van der Waals surface area contributed by atoms with Gasteiger partial charge < -0.3 is 16.4 Å². The first-order valence-electron chi connectivity index (χ1n) is 12.2. The van der Waals surface area contributed by atoms with E-state index in [1.165, 1.54) is 11.4 Å². The average Bonchev–Trinajstić information content (AvgIpc) is 3.67. The Balaban J connectivity index is 2.02. The molecule has 1 saturated carbocycles. The summed E-state index contributed by atoms with van der Waals surface area (Å²) in [4.78, 5) is 29.2. The number of sulfonamides is 1. The Morgan fingerprint density at radius 2 is 1.84 bits per heavy atom. The SMILES string of the molecule is CNC(=O)C(=Nc1ccc(Cl)cc1)c1cc(C2CC2)c(N(CCCNC(=O)C(C)C)S(C)(=O)=O)cc1N. The Morgan fingerprint density at radius 3 is 2.38 bits per heavy atom. The molecule has 11 heteroatoms. The molecule has 2 aromatic carbocycles. The number of nitrogens with zero attached hydrogens (tertiary/aromatic N) is 2. The van der Waals surface area contributed by atoms with Crippen molar-refractivity contribution in [3.63, 3.8) is 0 Å². The number of nitrogen functional groups attached to an aromatic ring is 1. The number of halogens is 1. The molecule has 0 saturated heterocycles. The van der Waals surface area contributed by atoms with Gasteiger partial charge in [0.15, 0.2) is 0 Å². The zero-order valence-corrected chi connectivity index (χ0v) is 23.1. The first kappa shape index (κ1) is 28.5. The van der Waals surface area contributed by atoms with Crippen LogP contribution >= 0.6 is 11.6 Å². The highest BCUT2D eigenvalue weighted by molar-refractivity contribution is 7.92. The highest BCUT2D eigenvalue weighted by atomic mass is 35.5. The number of carbonyl (C=O) groups is 2. The maximum absolute atomic E-state index is 12.8. The summed E-state index contributed by atoms with van der Waals surface area (Å²) in [6.45, 7) is 4.13. The lowest BCUT2D eigenvalue weighted by Crippen LogP contribution is -2.35. The molecule has 1 fully saturated rings. The maximum Gasteiger partial charge on any atom is 0.270 e. The number of nitrogens with two attached hydrogens (primary N) is 1. The second kappa shape index (κ2) is 12.0. The van der Waals surface area contributed by atoms with Crippen molar-refractivity contribution in [2.45, 2.75) is 39.0 Å². The van der Waals surface area contributed by atoms with Crippen LogP contribution in [0.25, 0.3) is 0 Å². The van der Waals surface area contributed by atoms with Crippen molar-refractivity contribution < 1.29 is 18.0 Å². The smallest absolute Gasteiger partial charge is 0.270 e. The van der Waals surface area contributed by atoms with Gasteiger partial charge in [-0.05, 0) is 67.1 Å². The molecular formula is C26H34ClN5O4S. The topological polar surface area (TPSA) is 134 Å². The van der Waals surface area contributed by atoms with E-state index in [2.05, 4.69) is 15.6 Å². The maximum atomic E-state index is 12.8. The van der Waals surface area contributed by atoms with E-state index >= 15 is 0 Å². The highest BCUT2D eigenvalue weighted by Gasteiger charge is 2.32. The molecule has 2 aromatic rings. The first-order chi connectivity index (χ1) is 17.4. The molecule has 0 atom stereocenters. The normalized spacial score (nSPS) is 13.9. The number of anilines is 2. The third kappa shape index (κ3) is 7.45. The fourth-order valence-corrected chi connectivity index (χ4v) is 4.97. The Bertz CT molecular complexity index is 1290. The molecule has 2 amide bonds. The van der Waals surface area contributed by atoms with E-state index in [1.54, 1.807) is 50.2 Å². The van der Waals surface area contributed by atoms with Gasteiger partial charge in [0.2, 0.25) is 15.9 Å². The van der Waals surface area contributed by atoms with Crippen LogP contribution in [-0.2, 0) is 19.6 Å². The van der Waals surface area contributed by atoms with Crippen molar-refractivity contribution in [3.05, 3.63) is 52.5 Å². The van der Waals surface area contributed by atoms with Crippen LogP contribution in [0.4, 0.5) is 17.1 Å². The van der Waals surface area contributed by atoms with Crippen LogP contribution in [0.2, 0.25) is 5.02 Å². The van der Waals surface area contributed by atoms with E-state index in [9.17, 15) is 18.0 Å². The zero-order chi connectivity index (χ0) is 27.3. The van der Waals surface area contributed by atoms with Gasteiger partial charge in [0.05, 0.1) is 17.6 Å². The van der Waals surface area contributed by atoms with Crippen molar-refractivity contribution in [2.24, 2.45) is 10.9 Å². The quantitative estimate of drug-likeness (QED) is 0.224.